The number of aliphatic carboxylic acids is 1. The van der Waals surface area contributed by atoms with Crippen molar-refractivity contribution in [1.29, 1.82) is 0 Å². The fourth-order valence-corrected chi connectivity index (χ4v) is 0. The molecule has 0 aromatic rings. The van der Waals surface area contributed by atoms with E-state index in [9.17, 15) is 4.79 Å². The molecule has 0 radical (unpaired) electrons. The summed E-state index contributed by atoms with van der Waals surface area (Å²) in [5, 5.41) is 7.62. The van der Waals surface area contributed by atoms with E-state index in [0.717, 1.165) is 0 Å². The second-order valence-electron chi connectivity index (χ2n) is 0.771. The van der Waals surface area contributed by atoms with E-state index >= 15 is 0 Å². The van der Waals surface area contributed by atoms with Crippen LogP contribution in [-0.4, -0.2) is 17.2 Å². The Balaban J connectivity index is -0.000000125. The van der Waals surface area contributed by atoms with Gasteiger partial charge in [0.25, 0.3) is 5.97 Å². The van der Waals surface area contributed by atoms with Gasteiger partial charge in [0.15, 0.2) is 0 Å². The van der Waals surface area contributed by atoms with Crippen molar-refractivity contribution in [3.8, 4) is 0 Å². The molecule has 0 unspecified atom stereocenters. The fourth-order valence-electron chi connectivity index (χ4n) is 0. The van der Waals surface area contributed by atoms with Crippen molar-refractivity contribution in [2.45, 2.75) is 6.17 Å². The molecule has 0 heterocycles. The van der Waals surface area contributed by atoms with Gasteiger partial charge in [-0.3, -0.25) is 4.79 Å². The summed E-state index contributed by atoms with van der Waals surface area (Å²) >= 11 is 0. The minimum Gasteiger partial charge on any atom is -0.684 e. The van der Waals surface area contributed by atoms with Gasteiger partial charge in [0.1, 0.15) is 0 Å². The number of hydrogen-bond acceptors (Lipinski definition) is 1. The minimum absolute atomic E-state index is 0. The van der Waals surface area contributed by atoms with Gasteiger partial charge in [-0.1, -0.05) is 0 Å². The third-order valence-electron chi connectivity index (χ3n) is 0.247. The molecule has 36 valence electrons. The van der Waals surface area contributed by atoms with E-state index in [1.165, 1.54) is 0 Å². The zero-order valence-electron chi connectivity index (χ0n) is 4.93. The molecule has 0 rings (SSSR count). The molecule has 0 saturated carbocycles. The first-order valence-corrected chi connectivity index (χ1v) is 1.29. The van der Waals surface area contributed by atoms with E-state index in [4.69, 9.17) is 16.6 Å². The molecule has 4 nitrogen and oxygen atoms in total. The summed E-state index contributed by atoms with van der Waals surface area (Å²) in [7, 11) is 0. The van der Waals surface area contributed by atoms with E-state index in [-0.39, 0.29) is 59.1 Å². The molecule has 0 bridgehead atoms. The van der Waals surface area contributed by atoms with Gasteiger partial charge < -0.3 is 16.6 Å². The van der Waals surface area contributed by atoms with E-state index in [2.05, 4.69) is 0 Å². The Kier molecular flexibility index (Phi) is 17.0. The van der Waals surface area contributed by atoms with Crippen LogP contribution >= 0.6 is 0 Å². The van der Waals surface area contributed by atoms with Crippen LogP contribution in [0.4, 0.5) is 0 Å². The molecular formula is C2H4N2Na2O2. The van der Waals surface area contributed by atoms with Crippen molar-refractivity contribution in [3.05, 3.63) is 11.5 Å². The molecule has 0 atom stereocenters. The third kappa shape index (κ3) is 10.4. The molecule has 0 saturated heterocycles. The first-order chi connectivity index (χ1) is 2.64. The number of nitrogens with one attached hydrogen (secondary N) is 2. The Morgan fingerprint density at radius 3 is 1.50 bits per heavy atom. The maximum Gasteiger partial charge on any atom is 1.00 e. The summed E-state index contributed by atoms with van der Waals surface area (Å²) in [6.45, 7) is 0. The van der Waals surface area contributed by atoms with Gasteiger partial charge in [-0.05, 0) is 0 Å². The molecule has 0 aliphatic heterocycles. The van der Waals surface area contributed by atoms with E-state index in [1.54, 1.807) is 0 Å². The van der Waals surface area contributed by atoms with Gasteiger partial charge in [-0.2, -0.15) is 0 Å². The summed E-state index contributed by atoms with van der Waals surface area (Å²) in [6, 6.07) is 0. The van der Waals surface area contributed by atoms with Crippen molar-refractivity contribution < 1.29 is 69.0 Å². The fraction of sp³-hybridized carbons (Fsp3) is 0.500. The minimum atomic E-state index is -1.73. The Morgan fingerprint density at radius 1 is 1.38 bits per heavy atom. The zero-order chi connectivity index (χ0) is 5.15. The van der Waals surface area contributed by atoms with Crippen molar-refractivity contribution in [1.82, 2.24) is 0 Å². The largest absolute Gasteiger partial charge is 1.00 e. The van der Waals surface area contributed by atoms with Gasteiger partial charge in [-0.25, -0.2) is 0 Å². The molecule has 0 amide bonds. The van der Waals surface area contributed by atoms with Gasteiger partial charge in [-0.15, -0.1) is 6.17 Å². The van der Waals surface area contributed by atoms with Crippen molar-refractivity contribution in [2.75, 3.05) is 0 Å². The number of carbonyl (C=O) groups is 1. The summed E-state index contributed by atoms with van der Waals surface area (Å²) in [6.07, 6.45) is -1.73. The third-order valence-corrected chi connectivity index (χ3v) is 0.247. The molecule has 0 aromatic carbocycles. The summed E-state index contributed by atoms with van der Waals surface area (Å²) in [5.74, 6) is -1.41. The summed E-state index contributed by atoms with van der Waals surface area (Å²) in [4.78, 5) is 9.32. The Bertz CT molecular complexity index is 67.1. The zero-order valence-corrected chi connectivity index (χ0v) is 8.93. The number of hydrogen-bond donors (Lipinski definition) is 1. The predicted molar refractivity (Wildman–Crippen MR) is 20.1 cm³/mol. The van der Waals surface area contributed by atoms with Crippen molar-refractivity contribution in [3.63, 3.8) is 0 Å². The molecule has 6 heteroatoms. The van der Waals surface area contributed by atoms with Crippen molar-refractivity contribution in [2.24, 2.45) is 0 Å². The second-order valence-corrected chi connectivity index (χ2v) is 0.771. The van der Waals surface area contributed by atoms with Crippen LogP contribution in [0.5, 0.6) is 0 Å². The van der Waals surface area contributed by atoms with E-state index < -0.39 is 12.1 Å². The van der Waals surface area contributed by atoms with Crippen LogP contribution in [-0.2, 0) is 4.79 Å². The first-order valence-electron chi connectivity index (χ1n) is 1.29. The average Bonchev–Trinajstić information content (AvgIpc) is 1.36. The maximum absolute atomic E-state index is 9.32. The molecular weight excluding hydrogens is 130 g/mol. The second kappa shape index (κ2) is 8.39. The van der Waals surface area contributed by atoms with Gasteiger partial charge in [0, 0.05) is 0 Å². The normalized spacial score (nSPS) is 6.88. The Hall–Kier alpha value is 1.39. The standard InChI is InChI=1S/C2H4N2O2.2Na/c3-1(4)2(5)6;;/h1,3-4H,(H,5,6);;/q-2;2*+1. The monoisotopic (exact) mass is 134 g/mol. The number of carboxylic acids is 1. The number of rotatable bonds is 1. The summed E-state index contributed by atoms with van der Waals surface area (Å²) < 4.78 is 0. The van der Waals surface area contributed by atoms with Crippen molar-refractivity contribution >= 4 is 5.97 Å². The van der Waals surface area contributed by atoms with Crippen LogP contribution < -0.4 is 59.1 Å². The van der Waals surface area contributed by atoms with E-state index in [1.807, 2.05) is 0 Å². The average molecular weight is 134 g/mol. The van der Waals surface area contributed by atoms with Crippen LogP contribution in [0.1, 0.15) is 0 Å². The molecule has 0 spiro atoms. The number of carboxylic acid groups (broad SMARTS) is 1. The quantitative estimate of drug-likeness (QED) is 0.363. The van der Waals surface area contributed by atoms with Crippen LogP contribution in [0.15, 0.2) is 0 Å². The SMILES string of the molecule is [NH-]C([NH-])C(=O)O.[Na+].[Na+]. The molecule has 0 aliphatic rings. The maximum atomic E-state index is 9.32. The Morgan fingerprint density at radius 2 is 1.50 bits per heavy atom. The van der Waals surface area contributed by atoms with Crippen LogP contribution in [0.2, 0.25) is 0 Å². The molecule has 0 fully saturated rings. The van der Waals surface area contributed by atoms with Gasteiger partial charge >= 0.3 is 59.1 Å². The smallest absolute Gasteiger partial charge is 0.684 e. The summed E-state index contributed by atoms with van der Waals surface area (Å²) in [5.41, 5.74) is 12.2. The predicted octanol–water partition coefficient (Wildman–Crippen LogP) is -5.49. The molecule has 8 heavy (non-hydrogen) atoms. The molecule has 0 aromatic heterocycles. The van der Waals surface area contributed by atoms with Crippen LogP contribution in [0, 0.1) is 0 Å². The molecule has 0 aliphatic carbocycles. The topological polar surface area (TPSA) is 84.9 Å². The van der Waals surface area contributed by atoms with Gasteiger partial charge in [0.2, 0.25) is 0 Å². The van der Waals surface area contributed by atoms with Gasteiger partial charge in [0.05, 0.1) is 0 Å². The Labute approximate surface area is 91.6 Å². The molecule has 3 N–H and O–H groups in total. The van der Waals surface area contributed by atoms with Crippen LogP contribution in [0.3, 0.4) is 0 Å². The van der Waals surface area contributed by atoms with E-state index in [0.29, 0.717) is 0 Å². The van der Waals surface area contributed by atoms with Crippen LogP contribution in [0.25, 0.3) is 11.5 Å². The first kappa shape index (κ1) is 16.2.